The Bertz CT molecular complexity index is 1090. The van der Waals surface area contributed by atoms with Crippen molar-refractivity contribution in [2.24, 2.45) is 5.16 Å². The predicted octanol–water partition coefficient (Wildman–Crippen LogP) is 3.46. The van der Waals surface area contributed by atoms with Crippen LogP contribution in [-0.2, 0) is 6.42 Å². The van der Waals surface area contributed by atoms with Gasteiger partial charge in [-0.25, -0.2) is 0 Å². The van der Waals surface area contributed by atoms with Gasteiger partial charge in [-0.3, -0.25) is 9.78 Å². The van der Waals surface area contributed by atoms with Gasteiger partial charge >= 0.3 is 0 Å². The van der Waals surface area contributed by atoms with Crippen LogP contribution in [0.1, 0.15) is 27.2 Å². The molecule has 4 rings (SSSR count). The molecule has 0 fully saturated rings. The normalized spacial score (nSPS) is 14.5. The molecule has 2 aromatic heterocycles. The molecule has 150 valence electrons. The molecule has 0 saturated carbocycles. The Kier molecular flexibility index (Phi) is 5.46. The van der Waals surface area contributed by atoms with Gasteiger partial charge in [0.2, 0.25) is 0 Å². The molecule has 1 aliphatic carbocycles. The number of hydrogen-bond donors (Lipinski definition) is 3. The van der Waals surface area contributed by atoms with Crippen LogP contribution in [0.15, 0.2) is 41.8 Å². The number of nitrogens with zero attached hydrogens (tertiary/aromatic N) is 3. The number of aryl methyl sites for hydroxylation is 1. The number of carbonyl (C=O) groups is 1. The predicted molar refractivity (Wildman–Crippen MR) is 117 cm³/mol. The zero-order valence-electron chi connectivity index (χ0n) is 16.4. The monoisotopic (exact) mass is 409 g/mol. The molecule has 29 heavy (non-hydrogen) atoms. The molecule has 1 aliphatic rings. The van der Waals surface area contributed by atoms with E-state index < -0.39 is 0 Å². The molecule has 0 radical (unpaired) electrons. The number of oxime groups is 1. The van der Waals surface area contributed by atoms with Crippen molar-refractivity contribution in [1.29, 1.82) is 0 Å². The average molecular weight is 410 g/mol. The van der Waals surface area contributed by atoms with E-state index in [-0.39, 0.29) is 5.91 Å². The molecule has 1 amide bonds. The number of fused-ring (bicyclic) bond motifs is 2. The number of carbonyl (C=O) groups excluding carboxylic acids is 1. The molecule has 0 spiro atoms. The Hall–Kier alpha value is -2.97. The second-order valence-corrected chi connectivity index (χ2v) is 8.33. The van der Waals surface area contributed by atoms with Crippen LogP contribution >= 0.6 is 11.3 Å². The van der Waals surface area contributed by atoms with E-state index in [4.69, 9.17) is 5.21 Å². The molecule has 0 aliphatic heterocycles. The van der Waals surface area contributed by atoms with Gasteiger partial charge in [-0.2, -0.15) is 0 Å². The van der Waals surface area contributed by atoms with Crippen molar-refractivity contribution < 1.29 is 10.0 Å². The van der Waals surface area contributed by atoms with Gasteiger partial charge in [-0.1, -0.05) is 11.2 Å². The number of nitrogens with one attached hydrogen (secondary N) is 2. The van der Waals surface area contributed by atoms with Crippen LogP contribution in [0.2, 0.25) is 0 Å². The Labute approximate surface area is 173 Å². The van der Waals surface area contributed by atoms with Gasteiger partial charge < -0.3 is 20.7 Å². The fourth-order valence-corrected chi connectivity index (χ4v) is 4.55. The number of aromatic nitrogens is 1. The third-order valence-corrected chi connectivity index (χ3v) is 6.12. The number of amides is 1. The number of anilines is 2. The molecular formula is C21H23N5O2S. The van der Waals surface area contributed by atoms with Crippen molar-refractivity contribution in [3.63, 3.8) is 0 Å². The second-order valence-electron chi connectivity index (χ2n) is 7.28. The summed E-state index contributed by atoms with van der Waals surface area (Å²) in [6.45, 7) is 1.36. The number of hydrogen-bond acceptors (Lipinski definition) is 7. The first-order valence-electron chi connectivity index (χ1n) is 9.47. The molecule has 0 bridgehead atoms. The van der Waals surface area contributed by atoms with Gasteiger partial charge in [0.15, 0.2) is 0 Å². The first-order valence-corrected chi connectivity index (χ1v) is 10.3. The van der Waals surface area contributed by atoms with E-state index in [1.54, 1.807) is 12.4 Å². The highest BCUT2D eigenvalue weighted by Crippen LogP contribution is 2.38. The number of rotatable bonds is 6. The third-order valence-electron chi connectivity index (χ3n) is 4.98. The van der Waals surface area contributed by atoms with Crippen molar-refractivity contribution in [2.75, 3.05) is 32.5 Å². The summed E-state index contributed by atoms with van der Waals surface area (Å²) in [5.74, 6) is -0.0913. The summed E-state index contributed by atoms with van der Waals surface area (Å²) in [5.41, 5.74) is 4.55. The Morgan fingerprint density at radius 2 is 2.17 bits per heavy atom. The first-order chi connectivity index (χ1) is 14.1. The molecule has 0 unspecified atom stereocenters. The third kappa shape index (κ3) is 3.94. The summed E-state index contributed by atoms with van der Waals surface area (Å²) in [6, 6.07) is 7.90. The molecule has 1 aromatic carbocycles. The minimum Gasteiger partial charge on any atom is -0.411 e. The fraction of sp³-hybridized carbons (Fsp3) is 0.286. The summed E-state index contributed by atoms with van der Waals surface area (Å²) in [6.07, 6.45) is 5.10. The summed E-state index contributed by atoms with van der Waals surface area (Å²) in [7, 11) is 3.95. The standard InChI is InChI=1S/C21H23N5O2S/c1-26(2)10-9-23-21(27)20-19(16-7-8-22-12-18(16)29-20)24-14-4-5-15-13(11-14)3-6-17(15)25-28/h4-5,7-8,11-12,24,28H,3,6,9-10H2,1-2H3,(H,23,27). The van der Waals surface area contributed by atoms with E-state index in [2.05, 4.69) is 26.8 Å². The number of pyridine rings is 1. The van der Waals surface area contributed by atoms with Crippen molar-refractivity contribution >= 4 is 44.4 Å². The Morgan fingerprint density at radius 1 is 1.31 bits per heavy atom. The quantitative estimate of drug-likeness (QED) is 0.429. The van der Waals surface area contributed by atoms with E-state index in [0.717, 1.165) is 57.7 Å². The van der Waals surface area contributed by atoms with Crippen LogP contribution in [0.5, 0.6) is 0 Å². The molecule has 0 saturated heterocycles. The molecule has 7 nitrogen and oxygen atoms in total. The van der Waals surface area contributed by atoms with Gasteiger partial charge in [0, 0.05) is 42.1 Å². The van der Waals surface area contributed by atoms with Crippen LogP contribution in [0.3, 0.4) is 0 Å². The van der Waals surface area contributed by atoms with E-state index in [9.17, 15) is 4.79 Å². The lowest BCUT2D eigenvalue weighted by Crippen LogP contribution is -2.31. The molecule has 8 heteroatoms. The van der Waals surface area contributed by atoms with Gasteiger partial charge in [-0.05, 0) is 50.7 Å². The zero-order valence-corrected chi connectivity index (χ0v) is 17.2. The molecule has 3 N–H and O–H groups in total. The van der Waals surface area contributed by atoms with Crippen LogP contribution in [-0.4, -0.2) is 53.9 Å². The maximum atomic E-state index is 12.9. The highest BCUT2D eigenvalue weighted by atomic mass is 32.1. The van der Waals surface area contributed by atoms with Crippen molar-refractivity contribution in [3.05, 3.63) is 52.7 Å². The van der Waals surface area contributed by atoms with E-state index in [1.807, 2.05) is 37.2 Å². The first kappa shape index (κ1) is 19.4. The van der Waals surface area contributed by atoms with Gasteiger partial charge in [0.05, 0.1) is 16.1 Å². The maximum Gasteiger partial charge on any atom is 0.263 e. The van der Waals surface area contributed by atoms with Crippen LogP contribution in [0.25, 0.3) is 10.1 Å². The summed E-state index contributed by atoms with van der Waals surface area (Å²) < 4.78 is 0.962. The van der Waals surface area contributed by atoms with Crippen molar-refractivity contribution in [2.45, 2.75) is 12.8 Å². The van der Waals surface area contributed by atoms with Gasteiger partial charge in [0.1, 0.15) is 4.88 Å². The van der Waals surface area contributed by atoms with Gasteiger partial charge in [-0.15, -0.1) is 11.3 Å². The molecule has 3 aromatic rings. The summed E-state index contributed by atoms with van der Waals surface area (Å²) in [5, 5.41) is 19.9. The molecule has 0 atom stereocenters. The van der Waals surface area contributed by atoms with Crippen LogP contribution in [0, 0.1) is 0 Å². The fourth-order valence-electron chi connectivity index (χ4n) is 3.50. The Balaban J connectivity index is 1.65. The number of thiophene rings is 1. The minimum atomic E-state index is -0.0913. The van der Waals surface area contributed by atoms with Crippen LogP contribution < -0.4 is 10.6 Å². The summed E-state index contributed by atoms with van der Waals surface area (Å²) >= 11 is 1.44. The van der Waals surface area contributed by atoms with Crippen molar-refractivity contribution in [1.82, 2.24) is 15.2 Å². The smallest absolute Gasteiger partial charge is 0.263 e. The lowest BCUT2D eigenvalue weighted by Gasteiger charge is -2.12. The highest BCUT2D eigenvalue weighted by molar-refractivity contribution is 7.21. The summed E-state index contributed by atoms with van der Waals surface area (Å²) in [4.78, 5) is 19.7. The SMILES string of the molecule is CN(C)CCNC(=O)c1sc2cnccc2c1Nc1ccc2c(c1)CCC2=NO. The average Bonchev–Trinajstić information content (AvgIpc) is 3.29. The van der Waals surface area contributed by atoms with E-state index >= 15 is 0 Å². The van der Waals surface area contributed by atoms with Crippen LogP contribution in [0.4, 0.5) is 11.4 Å². The molecular weight excluding hydrogens is 386 g/mol. The minimum absolute atomic E-state index is 0.0913. The second kappa shape index (κ2) is 8.18. The molecule has 2 heterocycles. The highest BCUT2D eigenvalue weighted by Gasteiger charge is 2.21. The van der Waals surface area contributed by atoms with E-state index in [0.29, 0.717) is 11.4 Å². The lowest BCUT2D eigenvalue weighted by molar-refractivity contribution is 0.0956. The topological polar surface area (TPSA) is 89.9 Å². The lowest BCUT2D eigenvalue weighted by atomic mass is 10.1. The van der Waals surface area contributed by atoms with Crippen molar-refractivity contribution in [3.8, 4) is 0 Å². The number of benzene rings is 1. The van der Waals surface area contributed by atoms with Gasteiger partial charge in [0.25, 0.3) is 5.91 Å². The largest absolute Gasteiger partial charge is 0.411 e. The number of likely N-dealkylation sites (N-methyl/N-ethyl adjacent to an activating group) is 1. The van der Waals surface area contributed by atoms with E-state index in [1.165, 1.54) is 11.3 Å². The maximum absolute atomic E-state index is 12.9. The zero-order chi connectivity index (χ0) is 20.4. The Morgan fingerprint density at radius 3 is 2.97 bits per heavy atom.